The van der Waals surface area contributed by atoms with Gasteiger partial charge in [-0.15, -0.1) is 0 Å². The summed E-state index contributed by atoms with van der Waals surface area (Å²) in [7, 11) is 1.63. The molecule has 0 saturated carbocycles. The van der Waals surface area contributed by atoms with Crippen LogP contribution in [0.5, 0.6) is 5.75 Å². The van der Waals surface area contributed by atoms with Crippen LogP contribution >= 0.6 is 15.9 Å². The van der Waals surface area contributed by atoms with Gasteiger partial charge in [-0.05, 0) is 46.7 Å². The van der Waals surface area contributed by atoms with Crippen molar-refractivity contribution in [2.45, 2.75) is 6.04 Å². The zero-order valence-corrected chi connectivity index (χ0v) is 13.2. The number of fused-ring (bicyclic) bond motifs is 1. The molecule has 1 atom stereocenters. The zero-order chi connectivity index (χ0) is 14.8. The number of aromatic nitrogens is 1. The van der Waals surface area contributed by atoms with Gasteiger partial charge in [0, 0.05) is 10.7 Å². The molecule has 0 amide bonds. The van der Waals surface area contributed by atoms with E-state index in [9.17, 15) is 0 Å². The minimum absolute atomic E-state index is 0.311. The van der Waals surface area contributed by atoms with Gasteiger partial charge in [-0.25, -0.2) is 0 Å². The standard InChI is InChI=1S/C17H15BrN2O/c1-21-15-3-2-8-20-17(15)16(19)13-5-4-12-10-14(18)7-6-11(12)9-13/h2-10,16H,19H2,1H3. The van der Waals surface area contributed by atoms with E-state index < -0.39 is 0 Å². The van der Waals surface area contributed by atoms with Gasteiger partial charge in [-0.1, -0.05) is 34.1 Å². The number of nitrogens with zero attached hydrogens (tertiary/aromatic N) is 1. The maximum Gasteiger partial charge on any atom is 0.142 e. The van der Waals surface area contributed by atoms with Crippen molar-refractivity contribution < 1.29 is 4.74 Å². The van der Waals surface area contributed by atoms with Crippen LogP contribution in [0.3, 0.4) is 0 Å². The number of hydrogen-bond donors (Lipinski definition) is 1. The van der Waals surface area contributed by atoms with E-state index in [0.29, 0.717) is 5.75 Å². The van der Waals surface area contributed by atoms with Crippen LogP contribution in [0.25, 0.3) is 10.8 Å². The molecule has 0 spiro atoms. The first kappa shape index (κ1) is 14.0. The van der Waals surface area contributed by atoms with Crippen molar-refractivity contribution >= 4 is 26.7 Å². The Morgan fingerprint density at radius 2 is 1.86 bits per heavy atom. The van der Waals surface area contributed by atoms with Crippen molar-refractivity contribution in [1.82, 2.24) is 4.98 Å². The van der Waals surface area contributed by atoms with Crippen LogP contribution in [-0.4, -0.2) is 12.1 Å². The van der Waals surface area contributed by atoms with E-state index in [0.717, 1.165) is 21.1 Å². The number of benzene rings is 2. The first-order valence-electron chi connectivity index (χ1n) is 6.63. The Balaban J connectivity index is 2.05. The second-order valence-electron chi connectivity index (χ2n) is 4.82. The molecule has 21 heavy (non-hydrogen) atoms. The SMILES string of the molecule is COc1cccnc1C(N)c1ccc2cc(Br)ccc2c1. The quantitative estimate of drug-likeness (QED) is 0.780. The lowest BCUT2D eigenvalue weighted by molar-refractivity contribution is 0.404. The number of pyridine rings is 1. The molecule has 0 aliphatic heterocycles. The molecule has 2 aromatic carbocycles. The minimum Gasteiger partial charge on any atom is -0.495 e. The van der Waals surface area contributed by atoms with Crippen LogP contribution in [0.2, 0.25) is 0 Å². The van der Waals surface area contributed by atoms with Gasteiger partial charge in [-0.2, -0.15) is 0 Å². The monoisotopic (exact) mass is 342 g/mol. The summed E-state index contributed by atoms with van der Waals surface area (Å²) in [4.78, 5) is 4.36. The van der Waals surface area contributed by atoms with Gasteiger partial charge < -0.3 is 10.5 Å². The third-order valence-corrected chi connectivity index (χ3v) is 3.99. The van der Waals surface area contributed by atoms with E-state index >= 15 is 0 Å². The van der Waals surface area contributed by atoms with Gasteiger partial charge in [-0.3, -0.25) is 4.98 Å². The summed E-state index contributed by atoms with van der Waals surface area (Å²) in [6, 6.07) is 15.8. The summed E-state index contributed by atoms with van der Waals surface area (Å²) in [6.45, 7) is 0. The van der Waals surface area contributed by atoms with Gasteiger partial charge >= 0.3 is 0 Å². The molecule has 0 radical (unpaired) electrons. The number of halogens is 1. The molecule has 0 aliphatic carbocycles. The molecular weight excluding hydrogens is 328 g/mol. The first-order valence-corrected chi connectivity index (χ1v) is 7.42. The summed E-state index contributed by atoms with van der Waals surface area (Å²) < 4.78 is 6.41. The second kappa shape index (κ2) is 5.84. The van der Waals surface area contributed by atoms with Crippen LogP contribution in [0, 0.1) is 0 Å². The lowest BCUT2D eigenvalue weighted by Gasteiger charge is -2.15. The summed E-state index contributed by atoms with van der Waals surface area (Å²) in [6.07, 6.45) is 1.73. The molecule has 0 saturated heterocycles. The fourth-order valence-electron chi connectivity index (χ4n) is 2.40. The number of methoxy groups -OCH3 is 1. The van der Waals surface area contributed by atoms with E-state index in [-0.39, 0.29) is 6.04 Å². The second-order valence-corrected chi connectivity index (χ2v) is 5.74. The molecule has 1 unspecified atom stereocenters. The molecule has 3 aromatic rings. The molecule has 0 aliphatic rings. The average Bonchev–Trinajstić information content (AvgIpc) is 2.53. The molecule has 0 fully saturated rings. The third-order valence-electron chi connectivity index (χ3n) is 3.50. The maximum absolute atomic E-state index is 6.36. The normalized spacial score (nSPS) is 12.3. The minimum atomic E-state index is -0.311. The molecule has 1 aromatic heterocycles. The Hall–Kier alpha value is -1.91. The van der Waals surface area contributed by atoms with E-state index in [1.165, 1.54) is 5.39 Å². The van der Waals surface area contributed by atoms with E-state index in [4.69, 9.17) is 10.5 Å². The van der Waals surface area contributed by atoms with Crippen molar-refractivity contribution in [3.8, 4) is 5.75 Å². The number of ether oxygens (including phenoxy) is 1. The maximum atomic E-state index is 6.36. The molecule has 106 valence electrons. The predicted octanol–water partition coefficient (Wildman–Crippen LogP) is 4.05. The lowest BCUT2D eigenvalue weighted by Crippen LogP contribution is -2.14. The van der Waals surface area contributed by atoms with Gasteiger partial charge in [0.05, 0.1) is 13.2 Å². The highest BCUT2D eigenvalue weighted by Gasteiger charge is 2.15. The highest BCUT2D eigenvalue weighted by atomic mass is 79.9. The molecule has 3 rings (SSSR count). The van der Waals surface area contributed by atoms with Crippen molar-refractivity contribution in [3.63, 3.8) is 0 Å². The van der Waals surface area contributed by atoms with Crippen LogP contribution < -0.4 is 10.5 Å². The molecule has 2 N–H and O–H groups in total. The summed E-state index contributed by atoms with van der Waals surface area (Å²) in [5.41, 5.74) is 8.12. The highest BCUT2D eigenvalue weighted by Crippen LogP contribution is 2.28. The van der Waals surface area contributed by atoms with Crippen molar-refractivity contribution in [2.75, 3.05) is 7.11 Å². The Bertz CT molecular complexity index is 789. The largest absolute Gasteiger partial charge is 0.495 e. The summed E-state index contributed by atoms with van der Waals surface area (Å²) >= 11 is 3.48. The zero-order valence-electron chi connectivity index (χ0n) is 11.6. The van der Waals surface area contributed by atoms with Gasteiger partial charge in [0.2, 0.25) is 0 Å². The summed E-state index contributed by atoms with van der Waals surface area (Å²) in [5.74, 6) is 0.709. The van der Waals surface area contributed by atoms with E-state index in [1.54, 1.807) is 13.3 Å². The summed E-state index contributed by atoms with van der Waals surface area (Å²) in [5, 5.41) is 2.33. The highest BCUT2D eigenvalue weighted by molar-refractivity contribution is 9.10. The molecule has 0 bridgehead atoms. The predicted molar refractivity (Wildman–Crippen MR) is 88.5 cm³/mol. The molecule has 1 heterocycles. The van der Waals surface area contributed by atoms with Crippen molar-refractivity contribution in [1.29, 1.82) is 0 Å². The Kier molecular flexibility index (Phi) is 3.90. The number of nitrogens with two attached hydrogens (primary N) is 1. The number of rotatable bonds is 3. The third kappa shape index (κ3) is 2.77. The molecule has 4 heteroatoms. The number of hydrogen-bond acceptors (Lipinski definition) is 3. The Morgan fingerprint density at radius 1 is 1.10 bits per heavy atom. The van der Waals surface area contributed by atoms with Crippen LogP contribution in [0.4, 0.5) is 0 Å². The molecular formula is C17H15BrN2O. The fourth-order valence-corrected chi connectivity index (χ4v) is 2.77. The van der Waals surface area contributed by atoms with Gasteiger partial charge in [0.15, 0.2) is 0 Å². The topological polar surface area (TPSA) is 48.1 Å². The van der Waals surface area contributed by atoms with Crippen molar-refractivity contribution in [3.05, 3.63) is 70.5 Å². The molecule has 3 nitrogen and oxygen atoms in total. The average molecular weight is 343 g/mol. The Morgan fingerprint density at radius 3 is 2.67 bits per heavy atom. The van der Waals surface area contributed by atoms with Crippen LogP contribution in [0.15, 0.2) is 59.2 Å². The van der Waals surface area contributed by atoms with Crippen molar-refractivity contribution in [2.24, 2.45) is 5.73 Å². The van der Waals surface area contributed by atoms with Gasteiger partial charge in [0.25, 0.3) is 0 Å². The van der Waals surface area contributed by atoms with Crippen LogP contribution in [0.1, 0.15) is 17.3 Å². The van der Waals surface area contributed by atoms with Crippen LogP contribution in [-0.2, 0) is 0 Å². The fraction of sp³-hybridized carbons (Fsp3) is 0.118. The lowest BCUT2D eigenvalue weighted by atomic mass is 9.99. The first-order chi connectivity index (χ1) is 10.2. The Labute approximate surface area is 131 Å². The van der Waals surface area contributed by atoms with E-state index in [1.807, 2.05) is 24.3 Å². The van der Waals surface area contributed by atoms with Gasteiger partial charge in [0.1, 0.15) is 11.4 Å². The smallest absolute Gasteiger partial charge is 0.142 e. The van der Waals surface area contributed by atoms with E-state index in [2.05, 4.69) is 45.2 Å².